The summed E-state index contributed by atoms with van der Waals surface area (Å²) in [7, 11) is -0.667. The van der Waals surface area contributed by atoms with Gasteiger partial charge in [0.25, 0.3) is 5.91 Å². The molecule has 1 amide bonds. The number of ether oxygens (including phenoxy) is 2. The number of rotatable bonds is 6. The zero-order chi connectivity index (χ0) is 17.9. The summed E-state index contributed by atoms with van der Waals surface area (Å²) in [5, 5.41) is 0. The van der Waals surface area contributed by atoms with Crippen molar-refractivity contribution in [1.29, 1.82) is 0 Å². The minimum absolute atomic E-state index is 0.159. The molecule has 0 saturated carbocycles. The zero-order valence-electron chi connectivity index (χ0n) is 14.1. The molecule has 0 aromatic heterocycles. The number of carbonyl (C=O) groups is 1. The van der Waals surface area contributed by atoms with Crippen LogP contribution < -0.4 is 20.1 Å². The lowest BCUT2D eigenvalue weighted by Crippen LogP contribution is -3.19. The molecule has 9 heteroatoms. The largest absolute Gasteiger partial charge is 0.493 e. The average molecular weight is 358 g/mol. The van der Waals surface area contributed by atoms with Crippen molar-refractivity contribution in [3.05, 3.63) is 18.2 Å². The number of piperazine rings is 1. The number of nitrogens with two attached hydrogens (primary N) is 1. The Morgan fingerprint density at radius 3 is 2.29 bits per heavy atom. The number of hydrogen-bond donors (Lipinski definition) is 2. The highest BCUT2D eigenvalue weighted by Gasteiger charge is 2.34. The normalized spacial score (nSPS) is 18.1. The first-order chi connectivity index (χ1) is 11.3. The first-order valence-corrected chi connectivity index (χ1v) is 9.11. The second-order valence-electron chi connectivity index (χ2n) is 5.70. The van der Waals surface area contributed by atoms with Crippen molar-refractivity contribution in [3.8, 4) is 11.5 Å². The maximum absolute atomic E-state index is 12.8. The van der Waals surface area contributed by atoms with Crippen molar-refractivity contribution >= 4 is 15.9 Å². The van der Waals surface area contributed by atoms with E-state index >= 15 is 0 Å². The van der Waals surface area contributed by atoms with Crippen LogP contribution in [-0.2, 0) is 14.8 Å². The molecule has 0 radical (unpaired) electrons. The zero-order valence-corrected chi connectivity index (χ0v) is 14.9. The smallest absolute Gasteiger partial charge is 0.275 e. The number of primary amides is 1. The third kappa shape index (κ3) is 3.63. The fourth-order valence-electron chi connectivity index (χ4n) is 2.77. The summed E-state index contributed by atoms with van der Waals surface area (Å²) in [5.41, 5.74) is 5.32. The van der Waals surface area contributed by atoms with Crippen LogP contribution in [0, 0.1) is 0 Å². The van der Waals surface area contributed by atoms with Crippen LogP contribution in [0.3, 0.4) is 0 Å². The van der Waals surface area contributed by atoms with Crippen molar-refractivity contribution in [2.24, 2.45) is 5.73 Å². The monoisotopic (exact) mass is 358 g/mol. The van der Waals surface area contributed by atoms with Crippen LogP contribution in [0.25, 0.3) is 0 Å². The highest BCUT2D eigenvalue weighted by atomic mass is 32.2. The van der Waals surface area contributed by atoms with Gasteiger partial charge in [-0.15, -0.1) is 0 Å². The highest BCUT2D eigenvalue weighted by molar-refractivity contribution is 7.89. The molecule has 0 bridgehead atoms. The molecule has 3 N–H and O–H groups in total. The maximum Gasteiger partial charge on any atom is 0.275 e. The molecule has 1 fully saturated rings. The van der Waals surface area contributed by atoms with Crippen LogP contribution >= 0.6 is 0 Å². The maximum atomic E-state index is 12.8. The molecular formula is C15H24N3O5S+. The Bertz CT molecular complexity index is 699. The van der Waals surface area contributed by atoms with E-state index in [1.165, 1.54) is 30.7 Å². The van der Waals surface area contributed by atoms with E-state index in [0.717, 1.165) is 4.90 Å². The van der Waals surface area contributed by atoms with Crippen LogP contribution in [0.15, 0.2) is 23.1 Å². The molecule has 8 nitrogen and oxygen atoms in total. The summed E-state index contributed by atoms with van der Waals surface area (Å²) in [4.78, 5) is 12.4. The third-order valence-electron chi connectivity index (χ3n) is 4.40. The van der Waals surface area contributed by atoms with Gasteiger partial charge in [-0.25, -0.2) is 8.42 Å². The number of methoxy groups -OCH3 is 2. The number of hydrogen-bond acceptors (Lipinski definition) is 5. The molecule has 1 saturated heterocycles. The molecule has 1 aliphatic rings. The van der Waals surface area contributed by atoms with E-state index in [2.05, 4.69) is 0 Å². The SMILES string of the molecule is COc1ccc(S(=O)(=O)N2CC[NH+]([C@H](C)C(N)=O)CC2)cc1OC. The van der Waals surface area contributed by atoms with E-state index in [4.69, 9.17) is 15.2 Å². The van der Waals surface area contributed by atoms with Gasteiger partial charge in [0.2, 0.25) is 10.0 Å². The first-order valence-electron chi connectivity index (χ1n) is 7.67. The summed E-state index contributed by atoms with van der Waals surface area (Å²) in [6.45, 7) is 3.51. The number of nitrogens with one attached hydrogen (secondary N) is 1. The van der Waals surface area contributed by atoms with Gasteiger partial charge in [0.15, 0.2) is 17.5 Å². The summed E-state index contributed by atoms with van der Waals surface area (Å²) >= 11 is 0. The van der Waals surface area contributed by atoms with Crippen molar-refractivity contribution < 1.29 is 27.6 Å². The lowest BCUT2D eigenvalue weighted by Gasteiger charge is -2.33. The van der Waals surface area contributed by atoms with E-state index in [-0.39, 0.29) is 16.8 Å². The van der Waals surface area contributed by atoms with E-state index in [1.54, 1.807) is 13.0 Å². The molecule has 1 aromatic rings. The minimum Gasteiger partial charge on any atom is -0.493 e. The quantitative estimate of drug-likeness (QED) is 0.642. The molecular weight excluding hydrogens is 334 g/mol. The Morgan fingerprint density at radius 2 is 1.79 bits per heavy atom. The Hall–Kier alpha value is -1.84. The lowest BCUT2D eigenvalue weighted by atomic mass is 10.2. The van der Waals surface area contributed by atoms with Gasteiger partial charge in [-0.2, -0.15) is 4.31 Å². The topological polar surface area (TPSA) is 103 Å². The number of amides is 1. The van der Waals surface area contributed by atoms with Crippen molar-refractivity contribution in [2.75, 3.05) is 40.4 Å². The van der Waals surface area contributed by atoms with Gasteiger partial charge < -0.3 is 20.1 Å². The third-order valence-corrected chi connectivity index (χ3v) is 6.29. The highest BCUT2D eigenvalue weighted by Crippen LogP contribution is 2.30. The predicted octanol–water partition coefficient (Wildman–Crippen LogP) is -1.53. The Labute approximate surface area is 142 Å². The Kier molecular flexibility index (Phi) is 5.68. The van der Waals surface area contributed by atoms with Gasteiger partial charge in [0.1, 0.15) is 0 Å². The van der Waals surface area contributed by atoms with E-state index < -0.39 is 10.0 Å². The van der Waals surface area contributed by atoms with Gasteiger partial charge in [0.05, 0.1) is 45.3 Å². The van der Waals surface area contributed by atoms with Crippen molar-refractivity contribution in [1.82, 2.24) is 4.31 Å². The number of benzene rings is 1. The van der Waals surface area contributed by atoms with Gasteiger partial charge in [-0.1, -0.05) is 0 Å². The number of quaternary nitrogens is 1. The molecule has 1 heterocycles. The van der Waals surface area contributed by atoms with Gasteiger partial charge in [-0.05, 0) is 19.1 Å². The second-order valence-corrected chi connectivity index (χ2v) is 7.64. The van der Waals surface area contributed by atoms with Gasteiger partial charge >= 0.3 is 0 Å². The van der Waals surface area contributed by atoms with E-state index in [9.17, 15) is 13.2 Å². The summed E-state index contributed by atoms with van der Waals surface area (Å²) in [5.74, 6) is 0.465. The van der Waals surface area contributed by atoms with Gasteiger partial charge in [0, 0.05) is 6.07 Å². The summed E-state index contributed by atoms with van der Waals surface area (Å²) in [6, 6.07) is 4.21. The molecule has 1 aromatic carbocycles. The molecule has 1 atom stereocenters. The van der Waals surface area contributed by atoms with Crippen LogP contribution in [0.4, 0.5) is 0 Å². The summed E-state index contributed by atoms with van der Waals surface area (Å²) < 4.78 is 37.3. The molecule has 1 aliphatic heterocycles. The molecule has 0 spiro atoms. The predicted molar refractivity (Wildman–Crippen MR) is 87.7 cm³/mol. The molecule has 24 heavy (non-hydrogen) atoms. The second kappa shape index (κ2) is 7.37. The van der Waals surface area contributed by atoms with Crippen molar-refractivity contribution in [2.45, 2.75) is 17.9 Å². The van der Waals surface area contributed by atoms with Crippen LogP contribution in [-0.4, -0.2) is 65.1 Å². The number of sulfonamides is 1. The van der Waals surface area contributed by atoms with Gasteiger partial charge in [-0.3, -0.25) is 4.79 Å². The Morgan fingerprint density at radius 1 is 1.21 bits per heavy atom. The van der Waals surface area contributed by atoms with Crippen LogP contribution in [0.1, 0.15) is 6.92 Å². The average Bonchev–Trinajstić information content (AvgIpc) is 2.60. The first kappa shape index (κ1) is 18.5. The standard InChI is InChI=1S/C15H23N3O5S/c1-11(15(16)19)17-6-8-18(9-7-17)24(20,21)12-4-5-13(22-2)14(10-12)23-3/h4-5,10-11H,6-9H2,1-3H3,(H2,16,19)/p+1/t11-/m1/s1. The fraction of sp³-hybridized carbons (Fsp3) is 0.533. The minimum atomic E-state index is -3.62. The Balaban J connectivity index is 2.16. The number of carbonyl (C=O) groups excluding carboxylic acids is 1. The molecule has 0 unspecified atom stereocenters. The van der Waals surface area contributed by atoms with Crippen LogP contribution in [0.5, 0.6) is 11.5 Å². The fourth-order valence-corrected chi connectivity index (χ4v) is 4.23. The molecule has 2 rings (SSSR count). The molecule has 134 valence electrons. The molecule has 0 aliphatic carbocycles. The number of nitrogens with zero attached hydrogens (tertiary/aromatic N) is 1. The van der Waals surface area contributed by atoms with E-state index in [1.807, 2.05) is 0 Å². The lowest BCUT2D eigenvalue weighted by molar-refractivity contribution is -0.917. The summed E-state index contributed by atoms with van der Waals surface area (Å²) in [6.07, 6.45) is 0. The van der Waals surface area contributed by atoms with E-state index in [0.29, 0.717) is 37.7 Å². The van der Waals surface area contributed by atoms with Crippen LogP contribution in [0.2, 0.25) is 0 Å². The van der Waals surface area contributed by atoms with Crippen molar-refractivity contribution in [3.63, 3.8) is 0 Å².